The fraction of sp³-hybridized carbons (Fsp3) is 0.0667. The van der Waals surface area contributed by atoms with Gasteiger partial charge < -0.3 is 11.1 Å². The molecule has 0 aromatic heterocycles. The molecule has 100 valence electrons. The van der Waals surface area contributed by atoms with Crippen LogP contribution in [-0.4, -0.2) is 5.91 Å². The molecule has 0 heterocycles. The highest BCUT2D eigenvalue weighted by Crippen LogP contribution is 2.14. The fourth-order valence-corrected chi connectivity index (χ4v) is 1.92. The highest BCUT2D eigenvalue weighted by Gasteiger charge is 2.07. The SMILES string of the molecule is N#Cc1ccc(CNC(=O)c2cccc(Cl)c2)c(N)c1. The number of nitrogens with one attached hydrogen (secondary N) is 1. The van der Waals surface area contributed by atoms with Gasteiger partial charge in [0, 0.05) is 22.8 Å². The van der Waals surface area contributed by atoms with Crippen molar-refractivity contribution in [1.82, 2.24) is 5.32 Å². The van der Waals surface area contributed by atoms with E-state index in [2.05, 4.69) is 5.32 Å². The molecule has 3 N–H and O–H groups in total. The lowest BCUT2D eigenvalue weighted by molar-refractivity contribution is 0.0951. The molecule has 0 aliphatic rings. The maximum Gasteiger partial charge on any atom is 0.251 e. The van der Waals surface area contributed by atoms with Gasteiger partial charge in [-0.1, -0.05) is 23.7 Å². The van der Waals surface area contributed by atoms with Gasteiger partial charge in [-0.2, -0.15) is 5.26 Å². The number of nitrogen functional groups attached to an aromatic ring is 1. The lowest BCUT2D eigenvalue weighted by atomic mass is 10.1. The van der Waals surface area contributed by atoms with Crippen LogP contribution in [0.1, 0.15) is 21.5 Å². The van der Waals surface area contributed by atoms with Crippen LogP contribution in [0.4, 0.5) is 5.69 Å². The second-order valence-corrected chi connectivity index (χ2v) is 4.65. The van der Waals surface area contributed by atoms with Crippen molar-refractivity contribution in [3.05, 3.63) is 64.2 Å². The molecule has 0 spiro atoms. The van der Waals surface area contributed by atoms with Crippen LogP contribution in [0.5, 0.6) is 0 Å². The highest BCUT2D eigenvalue weighted by atomic mass is 35.5. The summed E-state index contributed by atoms with van der Waals surface area (Å²) in [5.41, 5.74) is 8.05. The predicted molar refractivity (Wildman–Crippen MR) is 78.2 cm³/mol. The highest BCUT2D eigenvalue weighted by molar-refractivity contribution is 6.30. The Morgan fingerprint density at radius 1 is 1.30 bits per heavy atom. The van der Waals surface area contributed by atoms with Crippen molar-refractivity contribution in [3.63, 3.8) is 0 Å². The molecule has 0 saturated heterocycles. The van der Waals surface area contributed by atoms with Crippen molar-refractivity contribution in [2.24, 2.45) is 0 Å². The third kappa shape index (κ3) is 3.28. The zero-order valence-electron chi connectivity index (χ0n) is 10.6. The summed E-state index contributed by atoms with van der Waals surface area (Å²) in [6, 6.07) is 13.7. The monoisotopic (exact) mass is 285 g/mol. The molecule has 1 amide bonds. The quantitative estimate of drug-likeness (QED) is 0.851. The first-order valence-corrected chi connectivity index (χ1v) is 6.30. The van der Waals surface area contributed by atoms with E-state index in [0.29, 0.717) is 28.4 Å². The van der Waals surface area contributed by atoms with E-state index in [4.69, 9.17) is 22.6 Å². The van der Waals surface area contributed by atoms with Gasteiger partial charge in [0.05, 0.1) is 11.6 Å². The Kier molecular flexibility index (Phi) is 4.24. The van der Waals surface area contributed by atoms with E-state index in [0.717, 1.165) is 5.56 Å². The van der Waals surface area contributed by atoms with Gasteiger partial charge >= 0.3 is 0 Å². The molecular weight excluding hydrogens is 274 g/mol. The molecule has 2 aromatic rings. The van der Waals surface area contributed by atoms with Crippen LogP contribution in [0.2, 0.25) is 5.02 Å². The van der Waals surface area contributed by atoms with Crippen LogP contribution in [-0.2, 0) is 6.54 Å². The van der Waals surface area contributed by atoms with E-state index < -0.39 is 0 Å². The normalized spacial score (nSPS) is 9.80. The summed E-state index contributed by atoms with van der Waals surface area (Å²) >= 11 is 5.83. The first kappa shape index (κ1) is 13.9. The number of nitrogens with two attached hydrogens (primary N) is 1. The van der Waals surface area contributed by atoms with E-state index in [-0.39, 0.29) is 5.91 Å². The number of rotatable bonds is 3. The van der Waals surface area contributed by atoms with Crippen molar-refractivity contribution in [3.8, 4) is 6.07 Å². The summed E-state index contributed by atoms with van der Waals surface area (Å²) in [6.45, 7) is 0.295. The lowest BCUT2D eigenvalue weighted by Gasteiger charge is -2.08. The van der Waals surface area contributed by atoms with Gasteiger partial charge in [0.1, 0.15) is 0 Å². The summed E-state index contributed by atoms with van der Waals surface area (Å²) in [4.78, 5) is 11.9. The predicted octanol–water partition coefficient (Wildman–Crippen LogP) is 2.72. The minimum Gasteiger partial charge on any atom is -0.398 e. The van der Waals surface area contributed by atoms with Gasteiger partial charge in [-0.25, -0.2) is 0 Å². The second kappa shape index (κ2) is 6.09. The van der Waals surface area contributed by atoms with Crippen molar-refractivity contribution < 1.29 is 4.79 Å². The smallest absolute Gasteiger partial charge is 0.251 e. The first-order chi connectivity index (χ1) is 9.60. The minimum atomic E-state index is -0.226. The van der Waals surface area contributed by atoms with Crippen molar-refractivity contribution in [2.75, 3.05) is 5.73 Å². The van der Waals surface area contributed by atoms with E-state index in [1.165, 1.54) is 0 Å². The molecule has 5 heteroatoms. The van der Waals surface area contributed by atoms with E-state index in [9.17, 15) is 4.79 Å². The van der Waals surface area contributed by atoms with Gasteiger partial charge in [-0.15, -0.1) is 0 Å². The maximum absolute atomic E-state index is 11.9. The Hall–Kier alpha value is -2.51. The number of anilines is 1. The van der Waals surface area contributed by atoms with Crippen molar-refractivity contribution >= 4 is 23.2 Å². The largest absolute Gasteiger partial charge is 0.398 e. The number of nitrogens with zero attached hydrogens (tertiary/aromatic N) is 1. The Morgan fingerprint density at radius 2 is 2.10 bits per heavy atom. The summed E-state index contributed by atoms with van der Waals surface area (Å²) in [6.07, 6.45) is 0. The zero-order chi connectivity index (χ0) is 14.5. The zero-order valence-corrected chi connectivity index (χ0v) is 11.3. The number of hydrogen-bond donors (Lipinski definition) is 2. The van der Waals surface area contributed by atoms with Crippen molar-refractivity contribution in [2.45, 2.75) is 6.54 Å². The molecule has 0 saturated carbocycles. The standard InChI is InChI=1S/C15H12ClN3O/c16-13-3-1-2-11(7-13)15(20)19-9-12-5-4-10(8-17)6-14(12)18/h1-7H,9,18H2,(H,19,20). The summed E-state index contributed by atoms with van der Waals surface area (Å²) in [5, 5.41) is 12.0. The molecule has 0 fully saturated rings. The van der Waals surface area contributed by atoms with Crippen LogP contribution in [0.25, 0.3) is 0 Å². The average molecular weight is 286 g/mol. The second-order valence-electron chi connectivity index (χ2n) is 4.22. The topological polar surface area (TPSA) is 78.9 Å². The number of carbonyl (C=O) groups is 1. The third-order valence-corrected chi connectivity index (χ3v) is 3.04. The Bertz CT molecular complexity index is 692. The molecule has 20 heavy (non-hydrogen) atoms. The molecular formula is C15H12ClN3O. The van der Waals surface area contributed by atoms with Crippen LogP contribution in [0.15, 0.2) is 42.5 Å². The third-order valence-electron chi connectivity index (χ3n) is 2.80. The molecule has 0 atom stereocenters. The van der Waals surface area contributed by atoms with Gasteiger partial charge in [0.2, 0.25) is 0 Å². The fourth-order valence-electron chi connectivity index (χ4n) is 1.73. The van der Waals surface area contributed by atoms with Crippen molar-refractivity contribution in [1.29, 1.82) is 5.26 Å². The van der Waals surface area contributed by atoms with Crippen LogP contribution in [0, 0.1) is 11.3 Å². The summed E-state index contributed by atoms with van der Waals surface area (Å²) in [5.74, 6) is -0.226. The summed E-state index contributed by atoms with van der Waals surface area (Å²) in [7, 11) is 0. The average Bonchev–Trinajstić information content (AvgIpc) is 2.45. The number of hydrogen-bond acceptors (Lipinski definition) is 3. The number of carbonyl (C=O) groups excluding carboxylic acids is 1. The van der Waals surface area contributed by atoms with Gasteiger partial charge in [-0.05, 0) is 35.9 Å². The van der Waals surface area contributed by atoms with E-state index in [1.54, 1.807) is 42.5 Å². The minimum absolute atomic E-state index is 0.226. The van der Waals surface area contributed by atoms with E-state index in [1.807, 2.05) is 6.07 Å². The maximum atomic E-state index is 11.9. The number of halogens is 1. The molecule has 0 radical (unpaired) electrons. The Balaban J connectivity index is 2.06. The molecule has 0 aliphatic heterocycles. The number of nitriles is 1. The molecule has 2 rings (SSSR count). The molecule has 2 aromatic carbocycles. The summed E-state index contributed by atoms with van der Waals surface area (Å²) < 4.78 is 0. The van der Waals surface area contributed by atoms with Gasteiger partial charge in [0.25, 0.3) is 5.91 Å². The Morgan fingerprint density at radius 3 is 2.75 bits per heavy atom. The molecule has 0 unspecified atom stereocenters. The van der Waals surface area contributed by atoms with Gasteiger partial charge in [-0.3, -0.25) is 4.79 Å². The molecule has 4 nitrogen and oxygen atoms in total. The number of benzene rings is 2. The molecule has 0 bridgehead atoms. The Labute approximate surface area is 121 Å². The number of amides is 1. The van der Waals surface area contributed by atoms with Crippen LogP contribution in [0.3, 0.4) is 0 Å². The van der Waals surface area contributed by atoms with Gasteiger partial charge in [0.15, 0.2) is 0 Å². The van der Waals surface area contributed by atoms with Crippen LogP contribution >= 0.6 is 11.6 Å². The molecule has 0 aliphatic carbocycles. The first-order valence-electron chi connectivity index (χ1n) is 5.92. The lowest BCUT2D eigenvalue weighted by Crippen LogP contribution is -2.23. The van der Waals surface area contributed by atoms with E-state index >= 15 is 0 Å². The van der Waals surface area contributed by atoms with Crippen LogP contribution < -0.4 is 11.1 Å².